The van der Waals surface area contributed by atoms with Crippen LogP contribution in [0.5, 0.6) is 11.5 Å². The number of nitrogens with zero attached hydrogens (tertiary/aromatic N) is 1. The van der Waals surface area contributed by atoms with Gasteiger partial charge in [-0.2, -0.15) is 0 Å². The zero-order valence-electron chi connectivity index (χ0n) is 8.57. The van der Waals surface area contributed by atoms with Crippen molar-refractivity contribution in [3.8, 4) is 11.5 Å². The van der Waals surface area contributed by atoms with Gasteiger partial charge in [0.15, 0.2) is 11.5 Å². The van der Waals surface area contributed by atoms with E-state index in [1.807, 2.05) is 6.92 Å². The number of phenols is 2. The summed E-state index contributed by atoms with van der Waals surface area (Å²) in [6.45, 7) is 2.92. The molecule has 80 valence electrons. The highest BCUT2D eigenvalue weighted by atomic mass is 16.3. The molecule has 0 amide bonds. The molecule has 1 atom stereocenters. The van der Waals surface area contributed by atoms with Crippen LogP contribution in [0, 0.1) is 0 Å². The van der Waals surface area contributed by atoms with Crippen LogP contribution in [0.2, 0.25) is 0 Å². The molecule has 0 fully saturated rings. The molecule has 0 radical (unpaired) electrons. The van der Waals surface area contributed by atoms with E-state index in [9.17, 15) is 5.11 Å². The van der Waals surface area contributed by atoms with Crippen LogP contribution in [-0.2, 0) is 6.42 Å². The van der Waals surface area contributed by atoms with E-state index in [2.05, 4.69) is 10.3 Å². The summed E-state index contributed by atoms with van der Waals surface area (Å²) in [4.78, 5) is 4.40. The molecule has 1 aliphatic rings. The van der Waals surface area contributed by atoms with Crippen LogP contribution in [0.15, 0.2) is 23.2 Å². The molecule has 4 nitrogen and oxygen atoms in total. The molecule has 1 aromatic carbocycles. The molecule has 0 bridgehead atoms. The van der Waals surface area contributed by atoms with E-state index in [-0.39, 0.29) is 11.5 Å². The van der Waals surface area contributed by atoms with E-state index < -0.39 is 0 Å². The molecule has 1 heterocycles. The predicted molar refractivity (Wildman–Crippen MR) is 58.4 cm³/mol. The highest BCUT2D eigenvalue weighted by molar-refractivity contribution is 5.86. The topological polar surface area (TPSA) is 64.8 Å². The lowest BCUT2D eigenvalue weighted by Gasteiger charge is -2.04. The first-order valence-corrected chi connectivity index (χ1v) is 4.96. The van der Waals surface area contributed by atoms with Gasteiger partial charge in [0.25, 0.3) is 0 Å². The zero-order valence-corrected chi connectivity index (χ0v) is 8.57. The van der Waals surface area contributed by atoms with Crippen LogP contribution in [0.25, 0.3) is 0 Å². The van der Waals surface area contributed by atoms with Crippen molar-refractivity contribution in [1.29, 1.82) is 0 Å². The quantitative estimate of drug-likeness (QED) is 0.633. The smallest absolute Gasteiger partial charge is 0.157 e. The van der Waals surface area contributed by atoms with E-state index >= 15 is 0 Å². The fourth-order valence-corrected chi connectivity index (χ4v) is 1.60. The van der Waals surface area contributed by atoms with E-state index in [1.54, 1.807) is 12.1 Å². The molecule has 3 N–H and O–H groups in total. The van der Waals surface area contributed by atoms with Crippen LogP contribution in [0.3, 0.4) is 0 Å². The summed E-state index contributed by atoms with van der Waals surface area (Å²) in [5.74, 6) is 0.764. The van der Waals surface area contributed by atoms with Crippen LogP contribution >= 0.6 is 0 Å². The lowest BCUT2D eigenvalue weighted by Crippen LogP contribution is -2.21. The fraction of sp³-hybridized carbons (Fsp3) is 0.364. The van der Waals surface area contributed by atoms with Crippen LogP contribution in [0.4, 0.5) is 0 Å². The summed E-state index contributed by atoms with van der Waals surface area (Å²) in [7, 11) is 0. The normalized spacial score (nSPS) is 19.8. The Kier molecular flexibility index (Phi) is 2.49. The van der Waals surface area contributed by atoms with Gasteiger partial charge in [-0.25, -0.2) is 0 Å². The Balaban J connectivity index is 2.11. The van der Waals surface area contributed by atoms with Gasteiger partial charge < -0.3 is 15.5 Å². The first kappa shape index (κ1) is 9.83. The Morgan fingerprint density at radius 2 is 2.20 bits per heavy atom. The molecule has 1 aromatic rings. The number of benzene rings is 1. The third-order valence-electron chi connectivity index (χ3n) is 2.39. The molecule has 2 rings (SSSR count). The van der Waals surface area contributed by atoms with Crippen LogP contribution in [-0.4, -0.2) is 28.6 Å². The summed E-state index contributed by atoms with van der Waals surface area (Å²) in [6.07, 6.45) is 0.665. The maximum absolute atomic E-state index is 9.32. The van der Waals surface area contributed by atoms with Gasteiger partial charge in [-0.1, -0.05) is 6.07 Å². The molecule has 0 saturated carbocycles. The first-order chi connectivity index (χ1) is 7.15. The Hall–Kier alpha value is -1.71. The number of aliphatic imine (C=N–C) groups is 1. The fourth-order valence-electron chi connectivity index (χ4n) is 1.60. The van der Waals surface area contributed by atoms with E-state index in [0.29, 0.717) is 12.5 Å². The van der Waals surface area contributed by atoms with Gasteiger partial charge in [0, 0.05) is 13.0 Å². The largest absolute Gasteiger partial charge is 0.504 e. The molecule has 0 saturated heterocycles. The summed E-state index contributed by atoms with van der Waals surface area (Å²) in [5, 5.41) is 21.7. The summed E-state index contributed by atoms with van der Waals surface area (Å²) < 4.78 is 0. The molecule has 4 heteroatoms. The third-order valence-corrected chi connectivity index (χ3v) is 2.39. The predicted octanol–water partition coefficient (Wildman–Crippen LogP) is 1.03. The Bertz CT molecular complexity index is 402. The standard InChI is InChI=1S/C11H14N2O2/c1-7-6-12-11(13-7)5-8-2-3-9(14)10(15)4-8/h2-4,7,14-15H,5-6H2,1H3,(H,12,13)/t7-/m0/s1. The lowest BCUT2D eigenvalue weighted by atomic mass is 10.1. The monoisotopic (exact) mass is 206 g/mol. The van der Waals surface area contributed by atoms with Crippen molar-refractivity contribution in [3.05, 3.63) is 23.8 Å². The van der Waals surface area contributed by atoms with Gasteiger partial charge in [0.05, 0.1) is 6.04 Å². The average Bonchev–Trinajstić information content (AvgIpc) is 2.58. The molecule has 0 aliphatic carbocycles. The minimum absolute atomic E-state index is 0.0841. The minimum Gasteiger partial charge on any atom is -0.504 e. The maximum Gasteiger partial charge on any atom is 0.157 e. The van der Waals surface area contributed by atoms with Gasteiger partial charge in [-0.05, 0) is 24.6 Å². The van der Waals surface area contributed by atoms with Gasteiger partial charge in [0.1, 0.15) is 5.84 Å². The number of nitrogens with one attached hydrogen (secondary N) is 1. The Morgan fingerprint density at radius 3 is 2.80 bits per heavy atom. The molecule has 0 unspecified atom stereocenters. The van der Waals surface area contributed by atoms with Crippen molar-refractivity contribution in [2.24, 2.45) is 4.99 Å². The van der Waals surface area contributed by atoms with Gasteiger partial charge in [-0.15, -0.1) is 0 Å². The van der Waals surface area contributed by atoms with Crippen molar-refractivity contribution in [2.45, 2.75) is 19.4 Å². The average molecular weight is 206 g/mol. The second kappa shape index (κ2) is 3.81. The SMILES string of the molecule is C[C@H]1CNC(Cc2ccc(O)c(O)c2)=N1. The van der Waals surface area contributed by atoms with Crippen molar-refractivity contribution in [3.63, 3.8) is 0 Å². The zero-order chi connectivity index (χ0) is 10.8. The highest BCUT2D eigenvalue weighted by Gasteiger charge is 2.12. The van der Waals surface area contributed by atoms with Crippen LogP contribution in [0.1, 0.15) is 12.5 Å². The minimum atomic E-state index is -0.0894. The molecule has 15 heavy (non-hydrogen) atoms. The van der Waals surface area contributed by atoms with E-state index in [4.69, 9.17) is 5.11 Å². The van der Waals surface area contributed by atoms with Crippen molar-refractivity contribution in [2.75, 3.05) is 6.54 Å². The molecular weight excluding hydrogens is 192 g/mol. The number of hydrogen-bond acceptors (Lipinski definition) is 4. The summed E-state index contributed by atoms with van der Waals surface area (Å²) >= 11 is 0. The van der Waals surface area contributed by atoms with Gasteiger partial charge in [-0.3, -0.25) is 4.99 Å². The lowest BCUT2D eigenvalue weighted by molar-refractivity contribution is 0.403. The first-order valence-electron chi connectivity index (χ1n) is 4.96. The van der Waals surface area contributed by atoms with Crippen molar-refractivity contribution < 1.29 is 10.2 Å². The number of hydrogen-bond donors (Lipinski definition) is 3. The molecule has 1 aliphatic heterocycles. The molecule has 0 aromatic heterocycles. The van der Waals surface area contributed by atoms with Gasteiger partial charge in [0.2, 0.25) is 0 Å². The van der Waals surface area contributed by atoms with Crippen molar-refractivity contribution >= 4 is 5.84 Å². The van der Waals surface area contributed by atoms with E-state index in [1.165, 1.54) is 6.07 Å². The summed E-state index contributed by atoms with van der Waals surface area (Å²) in [6, 6.07) is 5.15. The maximum atomic E-state index is 9.32. The summed E-state index contributed by atoms with van der Waals surface area (Å²) in [5.41, 5.74) is 0.936. The Morgan fingerprint density at radius 1 is 1.40 bits per heavy atom. The third kappa shape index (κ3) is 2.21. The van der Waals surface area contributed by atoms with E-state index in [0.717, 1.165) is 17.9 Å². The number of rotatable bonds is 2. The highest BCUT2D eigenvalue weighted by Crippen LogP contribution is 2.25. The van der Waals surface area contributed by atoms with Crippen molar-refractivity contribution in [1.82, 2.24) is 5.32 Å². The number of amidine groups is 1. The second-order valence-electron chi connectivity index (χ2n) is 3.81. The van der Waals surface area contributed by atoms with Gasteiger partial charge >= 0.3 is 0 Å². The second-order valence-corrected chi connectivity index (χ2v) is 3.81. The number of phenolic OH excluding ortho intramolecular Hbond substituents is 2. The Labute approximate surface area is 88.3 Å². The van der Waals surface area contributed by atoms with Crippen LogP contribution < -0.4 is 5.32 Å². The number of aromatic hydroxyl groups is 2. The molecule has 0 spiro atoms. The molecular formula is C11H14N2O2.